The molecular formula is C17H15N3S. The molecule has 0 spiro atoms. The second-order valence-corrected chi connectivity index (χ2v) is 6.12. The average molecular weight is 293 g/mol. The minimum absolute atomic E-state index is 0.947. The lowest BCUT2D eigenvalue weighted by Crippen LogP contribution is -1.95. The molecule has 0 bridgehead atoms. The van der Waals surface area contributed by atoms with E-state index in [1.807, 2.05) is 6.07 Å². The van der Waals surface area contributed by atoms with Gasteiger partial charge in [-0.25, -0.2) is 9.97 Å². The standard InChI is InChI=1S/C17H15N3S/c1-3-20-11(2)18-14-10-12(8-9-15(14)20)17-19-13-6-4-5-7-16(13)21-17/h4-10H,3H2,1-2H3. The van der Waals surface area contributed by atoms with Crippen LogP contribution >= 0.6 is 11.3 Å². The van der Waals surface area contributed by atoms with Gasteiger partial charge in [0, 0.05) is 12.1 Å². The Morgan fingerprint density at radius 2 is 1.90 bits per heavy atom. The predicted octanol–water partition coefficient (Wildman–Crippen LogP) is 4.64. The number of hydrogen-bond donors (Lipinski definition) is 0. The number of aryl methyl sites for hydroxylation is 2. The van der Waals surface area contributed by atoms with Gasteiger partial charge in [-0.1, -0.05) is 12.1 Å². The summed E-state index contributed by atoms with van der Waals surface area (Å²) in [4.78, 5) is 9.39. The van der Waals surface area contributed by atoms with Crippen LogP contribution in [-0.2, 0) is 6.54 Å². The van der Waals surface area contributed by atoms with Gasteiger partial charge in [0.1, 0.15) is 10.8 Å². The van der Waals surface area contributed by atoms with Gasteiger partial charge in [-0.2, -0.15) is 0 Å². The van der Waals surface area contributed by atoms with Crippen LogP contribution < -0.4 is 0 Å². The molecule has 0 unspecified atom stereocenters. The van der Waals surface area contributed by atoms with Crippen LogP contribution in [0.15, 0.2) is 42.5 Å². The van der Waals surface area contributed by atoms with Gasteiger partial charge in [-0.3, -0.25) is 0 Å². The normalized spacial score (nSPS) is 11.5. The van der Waals surface area contributed by atoms with E-state index in [1.165, 1.54) is 10.2 Å². The van der Waals surface area contributed by atoms with Gasteiger partial charge in [0.05, 0.1) is 21.3 Å². The zero-order valence-electron chi connectivity index (χ0n) is 12.0. The molecule has 0 radical (unpaired) electrons. The fraction of sp³-hybridized carbons (Fsp3) is 0.176. The van der Waals surface area contributed by atoms with Crippen molar-refractivity contribution in [2.75, 3.05) is 0 Å². The summed E-state index contributed by atoms with van der Waals surface area (Å²) in [6.07, 6.45) is 0. The number of thiazole rings is 1. The minimum atomic E-state index is 0.947. The lowest BCUT2D eigenvalue weighted by molar-refractivity contribution is 0.753. The van der Waals surface area contributed by atoms with E-state index in [2.05, 4.69) is 59.8 Å². The largest absolute Gasteiger partial charge is 0.329 e. The average Bonchev–Trinajstić information content (AvgIpc) is 3.05. The maximum atomic E-state index is 4.72. The van der Waals surface area contributed by atoms with Crippen LogP contribution in [0.4, 0.5) is 0 Å². The maximum absolute atomic E-state index is 4.72. The van der Waals surface area contributed by atoms with E-state index < -0.39 is 0 Å². The van der Waals surface area contributed by atoms with Crippen LogP contribution in [0.2, 0.25) is 0 Å². The molecule has 2 aromatic carbocycles. The minimum Gasteiger partial charge on any atom is -0.329 e. The van der Waals surface area contributed by atoms with Crippen molar-refractivity contribution in [2.24, 2.45) is 0 Å². The molecule has 3 nitrogen and oxygen atoms in total. The van der Waals surface area contributed by atoms with Gasteiger partial charge in [-0.05, 0) is 44.2 Å². The van der Waals surface area contributed by atoms with Crippen LogP contribution in [-0.4, -0.2) is 14.5 Å². The molecule has 0 aliphatic heterocycles. The van der Waals surface area contributed by atoms with Gasteiger partial charge in [0.2, 0.25) is 0 Å². The van der Waals surface area contributed by atoms with Gasteiger partial charge in [0.15, 0.2) is 0 Å². The molecule has 4 heteroatoms. The Balaban J connectivity index is 1.90. The van der Waals surface area contributed by atoms with Crippen molar-refractivity contribution in [3.8, 4) is 10.6 Å². The molecule has 0 saturated heterocycles. The Bertz CT molecular complexity index is 916. The molecule has 0 N–H and O–H groups in total. The zero-order chi connectivity index (χ0) is 14.4. The lowest BCUT2D eigenvalue weighted by Gasteiger charge is -2.02. The van der Waals surface area contributed by atoms with Crippen LogP contribution in [0, 0.1) is 6.92 Å². The summed E-state index contributed by atoms with van der Waals surface area (Å²) < 4.78 is 3.46. The molecule has 0 fully saturated rings. The van der Waals surface area contributed by atoms with E-state index in [-0.39, 0.29) is 0 Å². The first kappa shape index (κ1) is 12.5. The van der Waals surface area contributed by atoms with E-state index in [0.29, 0.717) is 0 Å². The van der Waals surface area contributed by atoms with E-state index >= 15 is 0 Å². The molecule has 0 aliphatic rings. The maximum Gasteiger partial charge on any atom is 0.124 e. The van der Waals surface area contributed by atoms with Gasteiger partial charge < -0.3 is 4.57 Å². The summed E-state index contributed by atoms with van der Waals surface area (Å²) in [6.45, 7) is 5.15. The second-order valence-electron chi connectivity index (χ2n) is 5.09. The van der Waals surface area contributed by atoms with Crippen molar-refractivity contribution < 1.29 is 0 Å². The summed E-state index contributed by atoms with van der Waals surface area (Å²) in [5.74, 6) is 1.06. The Hall–Kier alpha value is -2.20. The van der Waals surface area contributed by atoms with Crippen molar-refractivity contribution in [1.29, 1.82) is 0 Å². The van der Waals surface area contributed by atoms with Crippen LogP contribution in [0.1, 0.15) is 12.7 Å². The highest BCUT2D eigenvalue weighted by Crippen LogP contribution is 2.31. The third kappa shape index (κ3) is 1.94. The highest BCUT2D eigenvalue weighted by Gasteiger charge is 2.10. The summed E-state index contributed by atoms with van der Waals surface area (Å²) in [7, 11) is 0. The van der Waals surface area contributed by atoms with Crippen LogP contribution in [0.3, 0.4) is 0 Å². The van der Waals surface area contributed by atoms with Crippen molar-refractivity contribution in [1.82, 2.24) is 14.5 Å². The number of imidazole rings is 1. The molecular weight excluding hydrogens is 278 g/mol. The number of benzene rings is 2. The second kappa shape index (κ2) is 4.67. The summed E-state index contributed by atoms with van der Waals surface area (Å²) in [6, 6.07) is 14.7. The summed E-state index contributed by atoms with van der Waals surface area (Å²) in [5.41, 5.74) is 4.45. The van der Waals surface area contributed by atoms with Crippen molar-refractivity contribution in [3.05, 3.63) is 48.3 Å². The van der Waals surface area contributed by atoms with Crippen LogP contribution in [0.5, 0.6) is 0 Å². The monoisotopic (exact) mass is 293 g/mol. The molecule has 4 aromatic rings. The fourth-order valence-corrected chi connectivity index (χ4v) is 3.74. The van der Waals surface area contributed by atoms with E-state index in [9.17, 15) is 0 Å². The number of para-hydroxylation sites is 1. The molecule has 0 aliphatic carbocycles. The third-order valence-electron chi connectivity index (χ3n) is 3.80. The van der Waals surface area contributed by atoms with E-state index in [1.54, 1.807) is 11.3 Å². The predicted molar refractivity (Wildman–Crippen MR) is 88.8 cm³/mol. The van der Waals surface area contributed by atoms with E-state index in [0.717, 1.165) is 34.0 Å². The summed E-state index contributed by atoms with van der Waals surface area (Å²) in [5, 5.41) is 1.06. The fourth-order valence-electron chi connectivity index (χ4n) is 2.78. The molecule has 2 heterocycles. The Labute approximate surface area is 126 Å². The van der Waals surface area contributed by atoms with Gasteiger partial charge in [-0.15, -0.1) is 11.3 Å². The first-order chi connectivity index (χ1) is 10.3. The smallest absolute Gasteiger partial charge is 0.124 e. The molecule has 0 atom stereocenters. The van der Waals surface area contributed by atoms with Gasteiger partial charge in [0.25, 0.3) is 0 Å². The SMILES string of the molecule is CCn1c(C)nc2cc(-c3nc4ccccc4s3)ccc21. The highest BCUT2D eigenvalue weighted by molar-refractivity contribution is 7.21. The Kier molecular flexibility index (Phi) is 2.79. The number of hydrogen-bond acceptors (Lipinski definition) is 3. The lowest BCUT2D eigenvalue weighted by atomic mass is 10.2. The molecule has 0 saturated carbocycles. The summed E-state index contributed by atoms with van der Waals surface area (Å²) >= 11 is 1.73. The Morgan fingerprint density at radius 1 is 1.05 bits per heavy atom. The molecule has 4 rings (SSSR count). The molecule has 21 heavy (non-hydrogen) atoms. The van der Waals surface area contributed by atoms with E-state index in [4.69, 9.17) is 4.98 Å². The van der Waals surface area contributed by atoms with Crippen molar-refractivity contribution >= 4 is 32.6 Å². The van der Waals surface area contributed by atoms with Gasteiger partial charge >= 0.3 is 0 Å². The topological polar surface area (TPSA) is 30.7 Å². The van der Waals surface area contributed by atoms with Crippen molar-refractivity contribution in [3.63, 3.8) is 0 Å². The third-order valence-corrected chi connectivity index (χ3v) is 4.88. The molecule has 0 amide bonds. The highest BCUT2D eigenvalue weighted by atomic mass is 32.1. The van der Waals surface area contributed by atoms with Crippen molar-refractivity contribution in [2.45, 2.75) is 20.4 Å². The number of fused-ring (bicyclic) bond motifs is 2. The molecule has 104 valence electrons. The Morgan fingerprint density at radius 3 is 2.71 bits per heavy atom. The molecule has 2 aromatic heterocycles. The first-order valence-corrected chi connectivity index (χ1v) is 7.91. The number of aromatic nitrogens is 3. The number of rotatable bonds is 2. The quantitative estimate of drug-likeness (QED) is 0.539. The number of nitrogens with zero attached hydrogens (tertiary/aromatic N) is 3. The van der Waals surface area contributed by atoms with Crippen LogP contribution in [0.25, 0.3) is 31.8 Å². The first-order valence-electron chi connectivity index (χ1n) is 7.09. The zero-order valence-corrected chi connectivity index (χ0v) is 12.8.